The quantitative estimate of drug-likeness (QED) is 0.517. The highest BCUT2D eigenvalue weighted by Crippen LogP contribution is 2.29. The van der Waals surface area contributed by atoms with Crippen molar-refractivity contribution in [2.45, 2.75) is 25.3 Å². The van der Waals surface area contributed by atoms with Crippen LogP contribution in [0.25, 0.3) is 11.0 Å². The zero-order valence-corrected chi connectivity index (χ0v) is 18.6. The van der Waals surface area contributed by atoms with Crippen LogP contribution in [0.3, 0.4) is 0 Å². The molecule has 8 heteroatoms. The van der Waals surface area contributed by atoms with E-state index in [9.17, 15) is 4.79 Å². The number of rotatable bonds is 5. The Balaban J connectivity index is 1.23. The van der Waals surface area contributed by atoms with Crippen molar-refractivity contribution in [2.75, 3.05) is 18.4 Å². The molecule has 0 radical (unpaired) electrons. The molecule has 0 unspecified atom stereocenters. The van der Waals surface area contributed by atoms with Gasteiger partial charge < -0.3 is 5.32 Å². The molecule has 0 bridgehead atoms. The lowest BCUT2D eigenvalue weighted by Crippen LogP contribution is -2.32. The molecule has 5 rings (SSSR count). The van der Waals surface area contributed by atoms with Crippen molar-refractivity contribution in [3.63, 3.8) is 0 Å². The molecule has 1 aliphatic heterocycles. The fraction of sp³-hybridized carbons (Fsp3) is 0.348. The molecule has 1 N–H and O–H groups in total. The third-order valence-electron chi connectivity index (χ3n) is 6.19. The number of imidazole rings is 1. The molecule has 7 nitrogen and oxygen atoms in total. The second-order valence-electron chi connectivity index (χ2n) is 8.18. The Labute approximate surface area is 185 Å². The molecule has 1 aliphatic rings. The van der Waals surface area contributed by atoms with E-state index in [1.165, 1.54) is 5.56 Å². The second kappa shape index (κ2) is 8.28. The first kappa shape index (κ1) is 20.0. The van der Waals surface area contributed by atoms with E-state index in [0.29, 0.717) is 5.92 Å². The number of pyridine rings is 1. The number of aromatic nitrogens is 4. The molecule has 160 valence electrons. The van der Waals surface area contributed by atoms with Gasteiger partial charge in [0.2, 0.25) is 0 Å². The minimum Gasteiger partial charge on any atom is -0.316 e. The highest BCUT2D eigenvalue weighted by atomic mass is 32.1. The van der Waals surface area contributed by atoms with Crippen LogP contribution in [0.1, 0.15) is 30.0 Å². The molecule has 0 aliphatic carbocycles. The SMILES string of the molecule is Cn1c(=O)n(C)c2cc(CN3CCC(c4cccc(Nc5nccs5)n4)CC3)ccc21. The molecule has 3 aromatic heterocycles. The van der Waals surface area contributed by atoms with Crippen LogP contribution in [0.15, 0.2) is 52.8 Å². The predicted molar refractivity (Wildman–Crippen MR) is 125 cm³/mol. The number of thiazole rings is 1. The molecule has 4 heterocycles. The van der Waals surface area contributed by atoms with Gasteiger partial charge >= 0.3 is 5.69 Å². The van der Waals surface area contributed by atoms with Gasteiger partial charge in [-0.05, 0) is 55.8 Å². The summed E-state index contributed by atoms with van der Waals surface area (Å²) in [5, 5.41) is 6.11. The van der Waals surface area contributed by atoms with E-state index >= 15 is 0 Å². The van der Waals surface area contributed by atoms with Gasteiger partial charge in [0.05, 0.1) is 11.0 Å². The van der Waals surface area contributed by atoms with E-state index in [4.69, 9.17) is 4.98 Å². The van der Waals surface area contributed by atoms with Crippen molar-refractivity contribution in [1.29, 1.82) is 0 Å². The van der Waals surface area contributed by atoms with Gasteiger partial charge in [-0.15, -0.1) is 11.3 Å². The van der Waals surface area contributed by atoms with Gasteiger partial charge in [0.15, 0.2) is 5.13 Å². The predicted octanol–water partition coefficient (Wildman–Crippen LogP) is 3.85. The van der Waals surface area contributed by atoms with E-state index in [1.54, 1.807) is 26.7 Å². The van der Waals surface area contributed by atoms with Gasteiger partial charge in [-0.3, -0.25) is 14.0 Å². The average molecular weight is 435 g/mol. The minimum absolute atomic E-state index is 0.0204. The normalized spacial score (nSPS) is 15.5. The van der Waals surface area contributed by atoms with Gasteiger partial charge in [0.25, 0.3) is 0 Å². The number of hydrogen-bond acceptors (Lipinski definition) is 6. The summed E-state index contributed by atoms with van der Waals surface area (Å²) < 4.78 is 3.43. The summed E-state index contributed by atoms with van der Waals surface area (Å²) in [4.78, 5) is 23.8. The number of anilines is 2. The number of aryl methyl sites for hydroxylation is 2. The summed E-state index contributed by atoms with van der Waals surface area (Å²) in [6.07, 6.45) is 3.99. The number of nitrogens with one attached hydrogen (secondary N) is 1. The Bertz CT molecular complexity index is 1250. The van der Waals surface area contributed by atoms with Gasteiger partial charge in [0, 0.05) is 43.8 Å². The van der Waals surface area contributed by atoms with Crippen LogP contribution in [0.4, 0.5) is 10.9 Å². The van der Waals surface area contributed by atoms with Gasteiger partial charge in [0.1, 0.15) is 5.82 Å². The van der Waals surface area contributed by atoms with Crippen LogP contribution in [0.5, 0.6) is 0 Å². The lowest BCUT2D eigenvalue weighted by Gasteiger charge is -2.31. The Morgan fingerprint density at radius 3 is 2.68 bits per heavy atom. The third kappa shape index (κ3) is 4.00. The average Bonchev–Trinajstić information content (AvgIpc) is 3.38. The maximum absolute atomic E-state index is 12.2. The molecular formula is C23H26N6OS. The number of fused-ring (bicyclic) bond motifs is 1. The fourth-order valence-corrected chi connectivity index (χ4v) is 4.97. The van der Waals surface area contributed by atoms with E-state index in [1.807, 2.05) is 25.5 Å². The Hall–Kier alpha value is -2.97. The molecule has 0 spiro atoms. The molecule has 1 aromatic carbocycles. The monoisotopic (exact) mass is 434 g/mol. The summed E-state index contributed by atoms with van der Waals surface area (Å²) in [6.45, 7) is 3.00. The second-order valence-corrected chi connectivity index (χ2v) is 9.08. The topological polar surface area (TPSA) is 68.0 Å². The lowest BCUT2D eigenvalue weighted by atomic mass is 9.93. The van der Waals surface area contributed by atoms with Crippen LogP contribution < -0.4 is 11.0 Å². The number of piperidine rings is 1. The maximum atomic E-state index is 12.2. The van der Waals surface area contributed by atoms with Crippen molar-refractivity contribution in [2.24, 2.45) is 14.1 Å². The van der Waals surface area contributed by atoms with Crippen LogP contribution in [-0.2, 0) is 20.6 Å². The summed E-state index contributed by atoms with van der Waals surface area (Å²) in [6, 6.07) is 12.6. The zero-order valence-electron chi connectivity index (χ0n) is 17.8. The number of benzene rings is 1. The molecule has 0 amide bonds. The van der Waals surface area contributed by atoms with Crippen molar-refractivity contribution in [3.8, 4) is 0 Å². The largest absolute Gasteiger partial charge is 0.328 e. The van der Waals surface area contributed by atoms with Crippen molar-refractivity contribution in [3.05, 3.63) is 69.7 Å². The standard InChI is InChI=1S/C23H26N6OS/c1-27-19-7-6-16(14-20(19)28(2)23(27)30)15-29-11-8-17(9-12-29)18-4-3-5-21(25-18)26-22-24-10-13-31-22/h3-7,10,13-14,17H,8-9,11-12,15H2,1-2H3,(H,24,25,26). The first-order valence-electron chi connectivity index (χ1n) is 10.6. The molecular weight excluding hydrogens is 408 g/mol. The van der Waals surface area contributed by atoms with Gasteiger partial charge in [-0.2, -0.15) is 0 Å². The van der Waals surface area contributed by atoms with Gasteiger partial charge in [-0.25, -0.2) is 14.8 Å². The summed E-state index contributed by atoms with van der Waals surface area (Å²) in [5.41, 5.74) is 4.40. The van der Waals surface area contributed by atoms with Gasteiger partial charge in [-0.1, -0.05) is 12.1 Å². The Morgan fingerprint density at radius 1 is 1.10 bits per heavy atom. The molecule has 4 aromatic rings. The zero-order chi connectivity index (χ0) is 21.4. The first-order valence-corrected chi connectivity index (χ1v) is 11.5. The van der Waals surface area contributed by atoms with Crippen LogP contribution in [0.2, 0.25) is 0 Å². The van der Waals surface area contributed by atoms with Crippen LogP contribution >= 0.6 is 11.3 Å². The number of nitrogens with zero attached hydrogens (tertiary/aromatic N) is 5. The Kier molecular flexibility index (Phi) is 5.33. The van der Waals surface area contributed by atoms with Crippen LogP contribution in [0, 0.1) is 0 Å². The highest BCUT2D eigenvalue weighted by molar-refractivity contribution is 7.13. The van der Waals surface area contributed by atoms with Crippen molar-refractivity contribution >= 4 is 33.3 Å². The maximum Gasteiger partial charge on any atom is 0.328 e. The number of likely N-dealkylation sites (tertiary alicyclic amines) is 1. The van der Waals surface area contributed by atoms with Crippen molar-refractivity contribution in [1.82, 2.24) is 24.0 Å². The molecule has 0 saturated carbocycles. The summed E-state index contributed by atoms with van der Waals surface area (Å²) in [7, 11) is 3.66. The fourth-order valence-electron chi connectivity index (χ4n) is 4.44. The first-order chi connectivity index (χ1) is 15.1. The molecule has 1 saturated heterocycles. The lowest BCUT2D eigenvalue weighted by molar-refractivity contribution is 0.203. The number of hydrogen-bond donors (Lipinski definition) is 1. The molecule has 0 atom stereocenters. The summed E-state index contributed by atoms with van der Waals surface area (Å²) >= 11 is 1.57. The van der Waals surface area contributed by atoms with E-state index < -0.39 is 0 Å². The Morgan fingerprint density at radius 2 is 1.90 bits per heavy atom. The van der Waals surface area contributed by atoms with E-state index in [0.717, 1.165) is 60.2 Å². The third-order valence-corrected chi connectivity index (χ3v) is 6.87. The highest BCUT2D eigenvalue weighted by Gasteiger charge is 2.22. The summed E-state index contributed by atoms with van der Waals surface area (Å²) in [5.74, 6) is 1.34. The van der Waals surface area contributed by atoms with Crippen molar-refractivity contribution < 1.29 is 0 Å². The van der Waals surface area contributed by atoms with Crippen LogP contribution in [-0.4, -0.2) is 37.1 Å². The minimum atomic E-state index is 0.0204. The molecule has 31 heavy (non-hydrogen) atoms. The molecule has 1 fully saturated rings. The van der Waals surface area contributed by atoms with E-state index in [-0.39, 0.29) is 5.69 Å². The smallest absolute Gasteiger partial charge is 0.316 e. The van der Waals surface area contributed by atoms with E-state index in [2.05, 4.69) is 45.5 Å².